The van der Waals surface area contributed by atoms with Crippen molar-refractivity contribution in [3.63, 3.8) is 0 Å². The van der Waals surface area contributed by atoms with Gasteiger partial charge in [0.05, 0.1) is 5.52 Å². The Kier molecular flexibility index (Phi) is 3.28. The van der Waals surface area contributed by atoms with Gasteiger partial charge in [0.25, 0.3) is 0 Å². The van der Waals surface area contributed by atoms with Gasteiger partial charge in [-0.15, -0.1) is 0 Å². The molecule has 2 heterocycles. The van der Waals surface area contributed by atoms with Crippen molar-refractivity contribution >= 4 is 21.8 Å². The molecule has 0 bridgehead atoms. The first-order chi connectivity index (χ1) is 13.9. The topological polar surface area (TPSA) is 4.93 Å². The monoisotopic (exact) mass is 359 g/mol. The van der Waals surface area contributed by atoms with Crippen molar-refractivity contribution in [2.45, 2.75) is 18.4 Å². The Morgan fingerprint density at radius 3 is 1.89 bits per heavy atom. The summed E-state index contributed by atoms with van der Waals surface area (Å²) in [6.45, 7) is 1.02. The Hall–Kier alpha value is -3.32. The molecule has 0 fully saturated rings. The van der Waals surface area contributed by atoms with Crippen LogP contribution in [0.5, 0.6) is 0 Å². The molecule has 6 rings (SSSR count). The Morgan fingerprint density at radius 1 is 0.571 bits per heavy atom. The van der Waals surface area contributed by atoms with Crippen LogP contribution in [0, 0.1) is 0 Å². The average Bonchev–Trinajstić information content (AvgIpc) is 3.11. The molecule has 1 aliphatic rings. The highest BCUT2D eigenvalue weighted by molar-refractivity contribution is 6.09. The van der Waals surface area contributed by atoms with Gasteiger partial charge in [0.1, 0.15) is 0 Å². The molecule has 0 atom stereocenters. The minimum Gasteiger partial charge on any atom is -0.340 e. The van der Waals surface area contributed by atoms with E-state index < -0.39 is 0 Å². The van der Waals surface area contributed by atoms with Crippen molar-refractivity contribution in [2.75, 3.05) is 0 Å². The van der Waals surface area contributed by atoms with Gasteiger partial charge < -0.3 is 4.57 Å². The maximum atomic E-state index is 2.53. The lowest BCUT2D eigenvalue weighted by Gasteiger charge is -2.40. The molecule has 0 N–H and O–H groups in total. The number of hydrogen-bond acceptors (Lipinski definition) is 0. The van der Waals surface area contributed by atoms with Gasteiger partial charge in [-0.2, -0.15) is 0 Å². The Balaban J connectivity index is 1.79. The van der Waals surface area contributed by atoms with Crippen LogP contribution < -0.4 is 0 Å². The number of fused-ring (bicyclic) bond motifs is 3. The van der Waals surface area contributed by atoms with Crippen molar-refractivity contribution in [2.24, 2.45) is 0 Å². The van der Waals surface area contributed by atoms with Gasteiger partial charge in [0, 0.05) is 28.2 Å². The molecule has 5 aromatic rings. The van der Waals surface area contributed by atoms with E-state index in [1.165, 1.54) is 38.5 Å². The number of rotatable bonds is 2. The van der Waals surface area contributed by atoms with Crippen molar-refractivity contribution in [3.05, 3.63) is 120 Å². The fourth-order valence-electron chi connectivity index (χ4n) is 5.31. The van der Waals surface area contributed by atoms with Crippen molar-refractivity contribution in [1.82, 2.24) is 4.57 Å². The number of aromatic nitrogens is 1. The fourth-order valence-corrected chi connectivity index (χ4v) is 5.31. The smallest absolute Gasteiger partial charge is 0.0536 e. The first-order valence-electron chi connectivity index (χ1n) is 10.0. The van der Waals surface area contributed by atoms with Crippen LogP contribution in [0.4, 0.5) is 0 Å². The number of para-hydroxylation sites is 2. The average molecular weight is 359 g/mol. The van der Waals surface area contributed by atoms with Gasteiger partial charge >= 0.3 is 0 Å². The molecule has 1 heteroatoms. The molecule has 0 radical (unpaired) electrons. The summed E-state index contributed by atoms with van der Waals surface area (Å²) in [6.07, 6.45) is 1.06. The minimum absolute atomic E-state index is 0.119. The van der Waals surface area contributed by atoms with E-state index in [1.807, 2.05) is 0 Å². The SMILES string of the molecule is c1ccc(C2(c3ccccc3)CCn3c4ccccc4c4cccc2c43)cc1. The second kappa shape index (κ2) is 5.84. The van der Waals surface area contributed by atoms with E-state index >= 15 is 0 Å². The van der Waals surface area contributed by atoms with Gasteiger partial charge in [0.15, 0.2) is 0 Å². The maximum absolute atomic E-state index is 2.53. The number of hydrogen-bond donors (Lipinski definition) is 0. The quantitative estimate of drug-likeness (QED) is 0.337. The predicted molar refractivity (Wildman–Crippen MR) is 117 cm³/mol. The predicted octanol–water partition coefficient (Wildman–Crippen LogP) is 6.53. The van der Waals surface area contributed by atoms with Crippen LogP contribution >= 0.6 is 0 Å². The highest BCUT2D eigenvalue weighted by atomic mass is 15.0. The lowest BCUT2D eigenvalue weighted by atomic mass is 9.66. The molecule has 1 aromatic heterocycles. The molecule has 4 aromatic carbocycles. The van der Waals surface area contributed by atoms with Crippen LogP contribution in [0.2, 0.25) is 0 Å². The summed E-state index contributed by atoms with van der Waals surface area (Å²) >= 11 is 0. The molecule has 134 valence electrons. The van der Waals surface area contributed by atoms with Crippen LogP contribution in [0.3, 0.4) is 0 Å². The van der Waals surface area contributed by atoms with E-state index in [1.54, 1.807) is 0 Å². The first kappa shape index (κ1) is 15.7. The second-order valence-corrected chi connectivity index (χ2v) is 7.76. The highest BCUT2D eigenvalue weighted by Gasteiger charge is 2.40. The molecule has 1 nitrogen and oxygen atoms in total. The van der Waals surface area contributed by atoms with Crippen LogP contribution in [0.15, 0.2) is 103 Å². The lowest BCUT2D eigenvalue weighted by Crippen LogP contribution is -2.34. The minimum atomic E-state index is -0.119. The summed E-state index contributed by atoms with van der Waals surface area (Å²) in [5.41, 5.74) is 6.80. The molecule has 28 heavy (non-hydrogen) atoms. The van der Waals surface area contributed by atoms with E-state index in [4.69, 9.17) is 0 Å². The van der Waals surface area contributed by atoms with Crippen LogP contribution in [-0.2, 0) is 12.0 Å². The molecule has 0 amide bonds. The largest absolute Gasteiger partial charge is 0.340 e. The molecule has 0 saturated heterocycles. The zero-order valence-electron chi connectivity index (χ0n) is 15.7. The Bertz CT molecular complexity index is 1260. The number of nitrogens with zero attached hydrogens (tertiary/aromatic N) is 1. The van der Waals surface area contributed by atoms with Crippen molar-refractivity contribution in [3.8, 4) is 0 Å². The molecule has 0 unspecified atom stereocenters. The van der Waals surface area contributed by atoms with Gasteiger partial charge in [-0.25, -0.2) is 0 Å². The second-order valence-electron chi connectivity index (χ2n) is 7.76. The van der Waals surface area contributed by atoms with E-state index in [0.29, 0.717) is 0 Å². The molecule has 1 aliphatic heterocycles. The summed E-state index contributed by atoms with van der Waals surface area (Å²) in [5.74, 6) is 0. The molecule has 0 saturated carbocycles. The van der Waals surface area contributed by atoms with Crippen LogP contribution in [0.1, 0.15) is 23.1 Å². The third kappa shape index (κ3) is 1.96. The molecule has 0 spiro atoms. The molecule has 0 aliphatic carbocycles. The van der Waals surface area contributed by atoms with Gasteiger partial charge in [0.2, 0.25) is 0 Å². The maximum Gasteiger partial charge on any atom is 0.0536 e. The Morgan fingerprint density at radius 2 is 1.18 bits per heavy atom. The number of aryl methyl sites for hydroxylation is 1. The van der Waals surface area contributed by atoms with E-state index in [2.05, 4.69) is 108 Å². The van der Waals surface area contributed by atoms with Crippen molar-refractivity contribution in [1.29, 1.82) is 0 Å². The van der Waals surface area contributed by atoms with E-state index in [0.717, 1.165) is 13.0 Å². The zero-order valence-corrected chi connectivity index (χ0v) is 15.7. The zero-order chi connectivity index (χ0) is 18.6. The standard InChI is InChI=1S/C27H21N/c1-3-10-20(11-4-1)27(21-12-5-2-6-13-21)18-19-28-25-17-8-7-14-22(25)23-15-9-16-24(27)26(23)28/h1-17H,18-19H2. The summed E-state index contributed by atoms with van der Waals surface area (Å²) < 4.78 is 2.53. The highest BCUT2D eigenvalue weighted by Crippen LogP contribution is 2.49. The van der Waals surface area contributed by atoms with E-state index in [9.17, 15) is 0 Å². The Labute approximate surface area is 164 Å². The van der Waals surface area contributed by atoms with Crippen molar-refractivity contribution < 1.29 is 0 Å². The van der Waals surface area contributed by atoms with E-state index in [-0.39, 0.29) is 5.41 Å². The first-order valence-corrected chi connectivity index (χ1v) is 10.0. The third-order valence-corrected chi connectivity index (χ3v) is 6.49. The summed E-state index contributed by atoms with van der Waals surface area (Å²) in [4.78, 5) is 0. The number of benzene rings is 4. The summed E-state index contributed by atoms with van der Waals surface area (Å²) in [7, 11) is 0. The third-order valence-electron chi connectivity index (χ3n) is 6.49. The summed E-state index contributed by atoms with van der Waals surface area (Å²) in [6, 6.07) is 37.8. The molecular weight excluding hydrogens is 338 g/mol. The van der Waals surface area contributed by atoms with Crippen LogP contribution in [-0.4, -0.2) is 4.57 Å². The summed E-state index contributed by atoms with van der Waals surface area (Å²) in [5, 5.41) is 2.72. The normalized spacial score (nSPS) is 15.1. The van der Waals surface area contributed by atoms with Crippen LogP contribution in [0.25, 0.3) is 21.8 Å². The van der Waals surface area contributed by atoms with Gasteiger partial charge in [-0.05, 0) is 29.2 Å². The lowest BCUT2D eigenvalue weighted by molar-refractivity contribution is 0.490. The molecular formula is C27H21N. The van der Waals surface area contributed by atoms with Gasteiger partial charge in [-0.1, -0.05) is 97.1 Å². The van der Waals surface area contributed by atoms with Gasteiger partial charge in [-0.3, -0.25) is 0 Å². The fraction of sp³-hybridized carbons (Fsp3) is 0.111.